The highest BCUT2D eigenvalue weighted by Crippen LogP contribution is 2.47. The first-order valence-corrected chi connectivity index (χ1v) is 15.3. The number of piperazine rings is 1. The average Bonchev–Trinajstić information content (AvgIpc) is 3.36. The van der Waals surface area contributed by atoms with Gasteiger partial charge in [0.25, 0.3) is 5.56 Å². The zero-order valence-corrected chi connectivity index (χ0v) is 23.4. The smallest absolute Gasteiger partial charge is 0.253 e. The molecule has 0 aliphatic carbocycles. The van der Waals surface area contributed by atoms with Crippen LogP contribution in [0.5, 0.6) is 0 Å². The Morgan fingerprint density at radius 1 is 1.15 bits per heavy atom. The van der Waals surface area contributed by atoms with E-state index in [2.05, 4.69) is 11.5 Å². The summed E-state index contributed by atoms with van der Waals surface area (Å²) in [6.07, 6.45) is 2.91. The number of aryl methyl sites for hydroxylation is 1. The Hall–Kier alpha value is -2.73. The van der Waals surface area contributed by atoms with Gasteiger partial charge in [0.15, 0.2) is 0 Å². The summed E-state index contributed by atoms with van der Waals surface area (Å²) in [6, 6.07) is 6.28. The number of pyridine rings is 1. The van der Waals surface area contributed by atoms with E-state index in [1.807, 2.05) is 4.31 Å². The molecule has 7 nitrogen and oxygen atoms in total. The highest BCUT2D eigenvalue weighted by Gasteiger charge is 2.46. The van der Waals surface area contributed by atoms with E-state index in [9.17, 15) is 22.6 Å². The Morgan fingerprint density at radius 3 is 2.64 bits per heavy atom. The monoisotopic (exact) mass is 590 g/mol. The van der Waals surface area contributed by atoms with Gasteiger partial charge in [0.05, 0.1) is 39.3 Å². The normalized spacial score (nSPS) is 21.7. The summed E-state index contributed by atoms with van der Waals surface area (Å²) < 4.78 is 44.5. The molecule has 0 radical (unpaired) electrons. The topological polar surface area (TPSA) is 65.9 Å². The van der Waals surface area contributed by atoms with Gasteiger partial charge in [0, 0.05) is 78.3 Å². The molecule has 1 amide bonds. The lowest BCUT2D eigenvalue weighted by Gasteiger charge is -2.45. The van der Waals surface area contributed by atoms with Gasteiger partial charge in [-0.2, -0.15) is 0 Å². The summed E-state index contributed by atoms with van der Waals surface area (Å²) in [5, 5.41) is 1.04. The number of nitrogens with zero attached hydrogens (tertiary/aromatic N) is 4. The number of benzene rings is 2. The van der Waals surface area contributed by atoms with Crippen LogP contribution in [0.15, 0.2) is 52.7 Å². The SMILES string of the molecule is C=CC(=O)N1CCN(c2cc(=O)n3c4c(c(-c5ccc(F)cc5F)c(Cl)cc24)SCC3)C2CN(S(C)=O)CC21. The van der Waals surface area contributed by atoms with Gasteiger partial charge < -0.3 is 14.4 Å². The number of fused-ring (bicyclic) bond motifs is 1. The number of rotatable bonds is 4. The molecule has 3 aromatic rings. The number of halogens is 3. The second-order valence-electron chi connectivity index (χ2n) is 9.79. The molecule has 3 aliphatic rings. The zero-order chi connectivity index (χ0) is 27.6. The number of aromatic nitrogens is 1. The third-order valence-electron chi connectivity index (χ3n) is 7.78. The Balaban J connectivity index is 1.55. The lowest BCUT2D eigenvalue weighted by molar-refractivity contribution is -0.128. The molecule has 0 spiro atoms. The van der Waals surface area contributed by atoms with Crippen LogP contribution >= 0.6 is 23.4 Å². The highest BCUT2D eigenvalue weighted by molar-refractivity contribution is 7.99. The number of carbonyl (C=O) groups is 1. The number of amides is 1. The second-order valence-corrected chi connectivity index (χ2v) is 12.7. The minimum absolute atomic E-state index is 0.172. The third-order valence-corrected chi connectivity index (χ3v) is 10.2. The summed E-state index contributed by atoms with van der Waals surface area (Å²) >= 11 is 8.32. The van der Waals surface area contributed by atoms with Crippen LogP contribution in [0.25, 0.3) is 22.0 Å². The van der Waals surface area contributed by atoms with Gasteiger partial charge in [-0.3, -0.25) is 9.59 Å². The summed E-state index contributed by atoms with van der Waals surface area (Å²) in [5.74, 6) is -0.998. The van der Waals surface area contributed by atoms with Crippen LogP contribution in [-0.4, -0.2) is 74.2 Å². The largest absolute Gasteiger partial charge is 0.363 e. The van der Waals surface area contributed by atoms with E-state index in [1.165, 1.54) is 30.0 Å². The van der Waals surface area contributed by atoms with Crippen molar-refractivity contribution in [1.29, 1.82) is 0 Å². The zero-order valence-electron chi connectivity index (χ0n) is 21.0. The fourth-order valence-corrected chi connectivity index (χ4v) is 8.33. The van der Waals surface area contributed by atoms with Crippen LogP contribution in [0.3, 0.4) is 0 Å². The van der Waals surface area contributed by atoms with Crippen LogP contribution in [0, 0.1) is 11.6 Å². The molecule has 12 heteroatoms. The van der Waals surface area contributed by atoms with Gasteiger partial charge in [0.1, 0.15) is 11.6 Å². The van der Waals surface area contributed by atoms with E-state index >= 15 is 0 Å². The molecule has 39 heavy (non-hydrogen) atoms. The van der Waals surface area contributed by atoms with E-state index in [0.29, 0.717) is 65.2 Å². The van der Waals surface area contributed by atoms with Crippen molar-refractivity contribution in [2.75, 3.05) is 43.1 Å². The molecule has 3 aliphatic heterocycles. The van der Waals surface area contributed by atoms with Gasteiger partial charge in [-0.25, -0.2) is 17.3 Å². The van der Waals surface area contributed by atoms with Crippen molar-refractivity contribution in [3.63, 3.8) is 0 Å². The van der Waals surface area contributed by atoms with Crippen LogP contribution in [-0.2, 0) is 22.3 Å². The molecule has 2 fully saturated rings. The van der Waals surface area contributed by atoms with Gasteiger partial charge in [0.2, 0.25) is 5.91 Å². The first-order valence-electron chi connectivity index (χ1n) is 12.5. The molecule has 0 saturated carbocycles. The average molecular weight is 591 g/mol. The third kappa shape index (κ3) is 4.30. The number of carbonyl (C=O) groups excluding carboxylic acids is 1. The number of thioether (sulfide) groups is 1. The fourth-order valence-electron chi connectivity index (χ4n) is 6.04. The summed E-state index contributed by atoms with van der Waals surface area (Å²) in [7, 11) is -1.23. The van der Waals surface area contributed by atoms with Crippen molar-refractivity contribution in [3.8, 4) is 11.1 Å². The van der Waals surface area contributed by atoms with Crippen molar-refractivity contribution in [1.82, 2.24) is 13.8 Å². The summed E-state index contributed by atoms with van der Waals surface area (Å²) in [6.45, 7) is 5.88. The molecule has 6 rings (SSSR count). The van der Waals surface area contributed by atoms with Crippen LogP contribution < -0.4 is 10.5 Å². The minimum atomic E-state index is -1.23. The fraction of sp³-hybridized carbons (Fsp3) is 0.333. The molecule has 0 bridgehead atoms. The molecule has 1 aromatic heterocycles. The van der Waals surface area contributed by atoms with Gasteiger partial charge in [-0.05, 0) is 24.3 Å². The van der Waals surface area contributed by atoms with Gasteiger partial charge in [-0.1, -0.05) is 18.2 Å². The van der Waals surface area contributed by atoms with E-state index in [0.717, 1.165) is 11.5 Å². The first kappa shape index (κ1) is 26.5. The lowest BCUT2D eigenvalue weighted by Crippen LogP contribution is -2.60. The standard InChI is InChI=1S/C27H25ClF2N4O3S2/c1-3-23(35)33-7-6-32(21-13-31(39(2)37)14-22(21)33)20-12-24(36)34-8-9-38-27-25(18(28)11-17(20)26(27)34)16-5-4-15(29)10-19(16)30/h3-5,10-12,21-22H,1,6-9,13-14H2,2H3. The quantitative estimate of drug-likeness (QED) is 0.432. The van der Waals surface area contributed by atoms with Crippen molar-refractivity contribution < 1.29 is 17.8 Å². The number of hydrogen-bond donors (Lipinski definition) is 0. The minimum Gasteiger partial charge on any atom is -0.363 e. The summed E-state index contributed by atoms with van der Waals surface area (Å²) in [5.41, 5.74) is 1.75. The molecular formula is C27H25ClF2N4O3S2. The molecule has 4 heterocycles. The maximum absolute atomic E-state index is 14.9. The van der Waals surface area contributed by atoms with Crippen LogP contribution in [0.1, 0.15) is 0 Å². The second kappa shape index (κ2) is 10.0. The number of hydrogen-bond acceptors (Lipinski definition) is 5. The Bertz CT molecular complexity index is 1630. The van der Waals surface area contributed by atoms with E-state index in [1.54, 1.807) is 27.9 Å². The Kier molecular flexibility index (Phi) is 6.81. The maximum Gasteiger partial charge on any atom is 0.253 e. The predicted molar refractivity (Wildman–Crippen MR) is 152 cm³/mol. The maximum atomic E-state index is 14.9. The van der Waals surface area contributed by atoms with Crippen molar-refractivity contribution >= 4 is 56.8 Å². The van der Waals surface area contributed by atoms with Crippen LogP contribution in [0.4, 0.5) is 14.5 Å². The molecule has 2 aromatic carbocycles. The van der Waals surface area contributed by atoms with Gasteiger partial charge >= 0.3 is 0 Å². The first-order chi connectivity index (χ1) is 18.7. The predicted octanol–water partition coefficient (Wildman–Crippen LogP) is 3.89. The highest BCUT2D eigenvalue weighted by atomic mass is 35.5. The Morgan fingerprint density at radius 2 is 1.92 bits per heavy atom. The lowest BCUT2D eigenvalue weighted by atomic mass is 9.99. The Labute approximate surface area is 235 Å². The van der Waals surface area contributed by atoms with Gasteiger partial charge in [-0.15, -0.1) is 11.8 Å². The molecule has 3 unspecified atom stereocenters. The van der Waals surface area contributed by atoms with E-state index < -0.39 is 22.6 Å². The van der Waals surface area contributed by atoms with E-state index in [4.69, 9.17) is 11.6 Å². The molecule has 2 saturated heterocycles. The number of anilines is 1. The molecule has 204 valence electrons. The van der Waals surface area contributed by atoms with Crippen molar-refractivity contribution in [3.05, 3.63) is 70.0 Å². The molecular weight excluding hydrogens is 566 g/mol. The molecule has 0 N–H and O–H groups in total. The van der Waals surface area contributed by atoms with Crippen LogP contribution in [0.2, 0.25) is 5.02 Å². The summed E-state index contributed by atoms with van der Waals surface area (Å²) in [4.78, 5) is 30.7. The molecule has 3 atom stereocenters. The van der Waals surface area contributed by atoms with E-state index in [-0.39, 0.29) is 29.1 Å². The van der Waals surface area contributed by atoms with Crippen molar-refractivity contribution in [2.24, 2.45) is 0 Å². The van der Waals surface area contributed by atoms with Crippen molar-refractivity contribution in [2.45, 2.75) is 23.5 Å².